The van der Waals surface area contributed by atoms with Crippen LogP contribution in [0.15, 0.2) is 128 Å². The van der Waals surface area contributed by atoms with Crippen LogP contribution in [0.3, 0.4) is 0 Å². The predicted molar refractivity (Wildman–Crippen MR) is 377 cm³/mol. The van der Waals surface area contributed by atoms with E-state index in [0.29, 0.717) is 44.8 Å². The zero-order chi connectivity index (χ0) is 73.1. The molecule has 0 amide bonds. The molecule has 0 N–H and O–H groups in total. The fourth-order valence-electron chi connectivity index (χ4n) is 12.2. The zero-order valence-electron chi connectivity index (χ0n) is 62.4. The van der Waals surface area contributed by atoms with Crippen molar-refractivity contribution >= 4 is 5.69 Å². The lowest BCUT2D eigenvalue weighted by Gasteiger charge is -2.19. The van der Waals surface area contributed by atoms with Gasteiger partial charge in [0.2, 0.25) is 34.2 Å². The van der Waals surface area contributed by atoms with E-state index < -0.39 is 40.7 Å². The molecule has 512 valence electrons. The van der Waals surface area contributed by atoms with Crippen molar-refractivity contribution < 1.29 is 58.1 Å². The maximum atomic E-state index is 15.5. The van der Waals surface area contributed by atoms with Crippen LogP contribution in [-0.2, 0) is 81.0 Å². The van der Waals surface area contributed by atoms with Crippen molar-refractivity contribution in [2.75, 3.05) is 0 Å². The summed E-state index contributed by atoms with van der Waals surface area (Å²) in [7, 11) is 11.3. The third-order valence-electron chi connectivity index (χ3n) is 18.5. The van der Waals surface area contributed by atoms with Crippen molar-refractivity contribution in [2.45, 2.75) is 184 Å². The van der Waals surface area contributed by atoms with Crippen LogP contribution in [0, 0.1) is 50.6 Å². The summed E-state index contributed by atoms with van der Waals surface area (Å²) in [6.45, 7) is 51.2. The molecular weight excluding hydrogens is 1230 g/mol. The maximum absolute atomic E-state index is 15.5. The van der Waals surface area contributed by atoms with Gasteiger partial charge in [-0.25, -0.2) is 49.8 Å². The molecule has 9 rings (SSSR count). The molecule has 0 aliphatic rings. The Kier molecular flexibility index (Phi) is 21.5. The third kappa shape index (κ3) is 16.4. The molecule has 3 aromatic carbocycles. The van der Waals surface area contributed by atoms with Gasteiger partial charge in [0, 0.05) is 75.8 Å². The number of pyridine rings is 6. The Morgan fingerprint density at radius 2 is 0.515 bits per heavy atom. The minimum Gasteiger partial charge on any atom is -0.232 e. The molecule has 0 atom stereocenters. The number of benzene rings is 3. The standard InChI is InChI=1S/C28H35F3N2.C28H33F2N3.C27H34F2N2/c1-18-22(24-12-10-19(16-32(24)8)26(2,3)4)14-21(28(29,30)31)15-23(18)25-13-11-20(17-33(25)9)27(5,6)7;1-17-22(20-13-11-18(15-32(20)9)27(2,3)4)24(29)26(31-8)25(30)23(17)21-14-12-19(16-33(21)10)28(5,6)7;1-17-24(22-12-10-18(15-30(22)8)26(2,3)4)20(28)14-21(29)25(17)23-13-11-19(16-31(23)9)27(5,6)7/h10-17H,1-9H3;11-16H,1-7,9-10H3;10-16H,1-9H3/q3*+2. The molecule has 97 heavy (non-hydrogen) atoms. The maximum Gasteiger partial charge on any atom is 0.416 e. The van der Waals surface area contributed by atoms with Gasteiger partial charge >= 0.3 is 6.18 Å². The Labute approximate surface area is 573 Å². The number of rotatable bonds is 6. The fraction of sp³-hybridized carbons (Fsp3) is 0.410. The van der Waals surface area contributed by atoms with Crippen molar-refractivity contribution in [3.63, 3.8) is 0 Å². The smallest absolute Gasteiger partial charge is 0.232 e. The molecule has 0 fully saturated rings. The Hall–Kier alpha value is -8.44. The highest BCUT2D eigenvalue weighted by Crippen LogP contribution is 2.43. The second-order valence-corrected chi connectivity index (χ2v) is 32.4. The summed E-state index contributed by atoms with van der Waals surface area (Å²) in [5.41, 5.74) is 13.8. The molecule has 0 aliphatic carbocycles. The van der Waals surface area contributed by atoms with Crippen molar-refractivity contribution in [3.8, 4) is 67.5 Å². The highest BCUT2D eigenvalue weighted by atomic mass is 19.4. The number of alkyl halides is 3. The van der Waals surface area contributed by atoms with E-state index in [4.69, 9.17) is 6.57 Å². The third-order valence-corrected chi connectivity index (χ3v) is 18.5. The summed E-state index contributed by atoms with van der Waals surface area (Å²) in [5, 5.41) is 0. The summed E-state index contributed by atoms with van der Waals surface area (Å²) in [4.78, 5) is 3.24. The minimum atomic E-state index is -4.44. The first kappa shape index (κ1) is 75.9. The van der Waals surface area contributed by atoms with Gasteiger partial charge < -0.3 is 0 Å². The Morgan fingerprint density at radius 1 is 0.299 bits per heavy atom. The molecular formula is C83H102F7N7+6. The van der Waals surface area contributed by atoms with Crippen molar-refractivity contribution in [1.29, 1.82) is 0 Å². The number of aromatic nitrogens is 6. The van der Waals surface area contributed by atoms with Gasteiger partial charge in [0.05, 0.1) is 45.5 Å². The highest BCUT2D eigenvalue weighted by Gasteiger charge is 2.37. The van der Waals surface area contributed by atoms with Gasteiger partial charge in [-0.05, 0) is 118 Å². The second-order valence-electron chi connectivity index (χ2n) is 32.4. The minimum absolute atomic E-state index is 0.0135. The van der Waals surface area contributed by atoms with E-state index in [0.717, 1.165) is 67.8 Å². The van der Waals surface area contributed by atoms with Gasteiger partial charge in [-0.2, -0.15) is 13.2 Å². The summed E-state index contributed by atoms with van der Waals surface area (Å²) < 4.78 is 114. The number of hydrogen-bond acceptors (Lipinski definition) is 0. The van der Waals surface area contributed by atoms with Crippen LogP contribution < -0.4 is 27.4 Å². The molecule has 0 radical (unpaired) electrons. The van der Waals surface area contributed by atoms with Crippen molar-refractivity contribution in [3.05, 3.63) is 218 Å². The number of nitrogens with zero attached hydrogens (tertiary/aromatic N) is 7. The van der Waals surface area contributed by atoms with E-state index in [-0.39, 0.29) is 43.6 Å². The van der Waals surface area contributed by atoms with E-state index in [2.05, 4.69) is 129 Å². The first-order valence-electron chi connectivity index (χ1n) is 33.0. The molecule has 14 heteroatoms. The van der Waals surface area contributed by atoms with Gasteiger partial charge in [-0.1, -0.05) is 125 Å². The lowest BCUT2D eigenvalue weighted by molar-refractivity contribution is -0.661. The van der Waals surface area contributed by atoms with E-state index >= 15 is 17.6 Å². The average Bonchev–Trinajstić information content (AvgIpc) is 0.750. The van der Waals surface area contributed by atoms with Crippen molar-refractivity contribution in [2.24, 2.45) is 42.3 Å². The molecule has 6 aromatic heterocycles. The predicted octanol–water partition coefficient (Wildman–Crippen LogP) is 18.8. The van der Waals surface area contributed by atoms with Crippen LogP contribution in [0.2, 0.25) is 0 Å². The summed E-state index contributed by atoms with van der Waals surface area (Å²) in [5.74, 6) is -2.74. The number of aryl methyl sites for hydroxylation is 6. The van der Waals surface area contributed by atoms with Crippen molar-refractivity contribution in [1.82, 2.24) is 0 Å². The Balaban J connectivity index is 0.000000205. The van der Waals surface area contributed by atoms with Crippen LogP contribution in [0.4, 0.5) is 36.4 Å². The lowest BCUT2D eigenvalue weighted by atomic mass is 9.87. The molecule has 0 aliphatic heterocycles. The first-order chi connectivity index (χ1) is 44.4. The van der Waals surface area contributed by atoms with E-state index in [1.54, 1.807) is 13.8 Å². The summed E-state index contributed by atoms with van der Waals surface area (Å²) in [6, 6.07) is 27.0. The molecule has 0 bridgehead atoms. The van der Waals surface area contributed by atoms with E-state index in [1.165, 1.54) is 12.1 Å². The molecule has 0 saturated carbocycles. The van der Waals surface area contributed by atoms with Gasteiger partial charge in [0.15, 0.2) is 37.2 Å². The van der Waals surface area contributed by atoms with Crippen LogP contribution in [0.5, 0.6) is 0 Å². The van der Waals surface area contributed by atoms with Gasteiger partial charge in [0.1, 0.15) is 65.6 Å². The number of hydrogen-bond donors (Lipinski definition) is 0. The van der Waals surface area contributed by atoms with Crippen LogP contribution in [0.1, 0.15) is 180 Å². The molecule has 0 saturated heterocycles. The quantitative estimate of drug-likeness (QED) is 0.0902. The molecule has 9 aromatic rings. The molecule has 0 unspecified atom stereocenters. The summed E-state index contributed by atoms with van der Waals surface area (Å²) >= 11 is 0. The van der Waals surface area contributed by atoms with E-state index in [1.807, 2.05) is 187 Å². The van der Waals surface area contributed by atoms with Gasteiger partial charge in [-0.3, -0.25) is 0 Å². The van der Waals surface area contributed by atoms with Crippen LogP contribution in [0.25, 0.3) is 72.4 Å². The van der Waals surface area contributed by atoms with E-state index in [9.17, 15) is 13.2 Å². The lowest BCUT2D eigenvalue weighted by Crippen LogP contribution is -2.34. The van der Waals surface area contributed by atoms with Crippen LogP contribution >= 0.6 is 0 Å². The average molecular weight is 1330 g/mol. The molecule has 0 spiro atoms. The largest absolute Gasteiger partial charge is 0.416 e. The van der Waals surface area contributed by atoms with Gasteiger partial charge in [-0.15, -0.1) is 0 Å². The topological polar surface area (TPSA) is 27.6 Å². The molecule has 6 heterocycles. The number of halogens is 7. The normalized spacial score (nSPS) is 12.4. The van der Waals surface area contributed by atoms with Crippen LogP contribution in [-0.4, -0.2) is 0 Å². The van der Waals surface area contributed by atoms with Gasteiger partial charge in [0.25, 0.3) is 5.69 Å². The zero-order valence-corrected chi connectivity index (χ0v) is 62.4. The fourth-order valence-corrected chi connectivity index (χ4v) is 12.2. The Morgan fingerprint density at radius 3 is 0.722 bits per heavy atom. The SMILES string of the molecule is Cc1c(-c2ccc(C(C)(C)C)c[n+]2C)c(F)cc(F)c1-c1ccc(C(C)(C)C)c[n+]1C.Cc1c(-c2ccc(C(C)(C)C)c[n+]2C)cc(C(F)(F)F)cc1-c1ccc(C(C)(C)C)c[n+]1C.[C-]#[N+]c1c(F)c(-c2ccc(C(C)(C)C)c[n+]2C)c(C)c(-c2ccc(C(C)(C)C)c[n+]2C)c1F. The highest BCUT2D eigenvalue weighted by molar-refractivity contribution is 5.81. The Bertz CT molecular complexity index is 4280. The first-order valence-corrected chi connectivity index (χ1v) is 33.0. The molecule has 7 nitrogen and oxygen atoms in total. The summed E-state index contributed by atoms with van der Waals surface area (Å²) in [6.07, 6.45) is 7.55. The second kappa shape index (κ2) is 27.5. The monoisotopic (exact) mass is 1330 g/mol.